The predicted octanol–water partition coefficient (Wildman–Crippen LogP) is 2.48. The molecule has 1 aromatic heterocycles. The van der Waals surface area contributed by atoms with Crippen LogP contribution in [0.5, 0.6) is 0 Å². The number of anilines is 1. The highest BCUT2D eigenvalue weighted by Crippen LogP contribution is 2.28. The third kappa shape index (κ3) is 2.33. The zero-order chi connectivity index (χ0) is 11.8. The fourth-order valence-corrected chi connectivity index (χ4v) is 3.61. The highest BCUT2D eigenvalue weighted by molar-refractivity contribution is 9.10. The Morgan fingerprint density at radius 3 is 3.00 bits per heavy atom. The molecule has 0 aliphatic carbocycles. The van der Waals surface area contributed by atoms with Crippen molar-refractivity contribution in [1.82, 2.24) is 10.3 Å². The van der Waals surface area contributed by atoms with Crippen molar-refractivity contribution in [2.75, 3.05) is 18.0 Å². The van der Waals surface area contributed by atoms with Gasteiger partial charge in [0.05, 0.1) is 4.47 Å². The largest absolute Gasteiger partial charge is 0.354 e. The molecule has 2 aliphatic rings. The molecule has 2 saturated heterocycles. The van der Waals surface area contributed by atoms with Crippen LogP contribution in [0.15, 0.2) is 16.7 Å². The van der Waals surface area contributed by atoms with Gasteiger partial charge in [-0.1, -0.05) is 0 Å². The van der Waals surface area contributed by atoms with E-state index in [4.69, 9.17) is 0 Å². The predicted molar refractivity (Wildman–Crippen MR) is 73.4 cm³/mol. The first-order chi connectivity index (χ1) is 8.22. The summed E-state index contributed by atoms with van der Waals surface area (Å²) in [6, 6.07) is 3.53. The van der Waals surface area contributed by atoms with Gasteiger partial charge in [0, 0.05) is 31.4 Å². The van der Waals surface area contributed by atoms with Crippen LogP contribution in [0, 0.1) is 6.92 Å². The molecule has 0 amide bonds. The molecule has 0 saturated carbocycles. The molecule has 3 heterocycles. The lowest BCUT2D eigenvalue weighted by Gasteiger charge is -2.26. The molecule has 4 heteroatoms. The highest BCUT2D eigenvalue weighted by Gasteiger charge is 2.30. The van der Waals surface area contributed by atoms with E-state index in [-0.39, 0.29) is 0 Å². The lowest BCUT2D eigenvalue weighted by molar-refractivity contribution is 0.563. The first-order valence-electron chi connectivity index (χ1n) is 6.35. The van der Waals surface area contributed by atoms with Crippen LogP contribution in [0.4, 0.5) is 5.82 Å². The number of pyridine rings is 1. The average molecular weight is 296 g/mol. The van der Waals surface area contributed by atoms with Gasteiger partial charge in [-0.05, 0) is 53.7 Å². The van der Waals surface area contributed by atoms with Crippen molar-refractivity contribution in [2.45, 2.75) is 38.3 Å². The Kier molecular flexibility index (Phi) is 3.09. The quantitative estimate of drug-likeness (QED) is 0.863. The molecule has 0 spiro atoms. The first-order valence-corrected chi connectivity index (χ1v) is 7.15. The fourth-order valence-electron chi connectivity index (χ4n) is 2.89. The van der Waals surface area contributed by atoms with Crippen molar-refractivity contribution in [3.05, 3.63) is 22.3 Å². The average Bonchev–Trinajstić information content (AvgIpc) is 2.60. The van der Waals surface area contributed by atoms with Crippen LogP contribution in [-0.4, -0.2) is 30.2 Å². The van der Waals surface area contributed by atoms with Gasteiger partial charge in [-0.3, -0.25) is 0 Å². The van der Waals surface area contributed by atoms with E-state index in [1.165, 1.54) is 24.8 Å². The molecule has 2 unspecified atom stereocenters. The van der Waals surface area contributed by atoms with Crippen molar-refractivity contribution in [2.24, 2.45) is 0 Å². The van der Waals surface area contributed by atoms with Gasteiger partial charge in [-0.25, -0.2) is 4.98 Å². The number of rotatable bonds is 1. The summed E-state index contributed by atoms with van der Waals surface area (Å²) in [6.07, 6.45) is 5.85. The zero-order valence-corrected chi connectivity index (χ0v) is 11.7. The van der Waals surface area contributed by atoms with E-state index in [1.54, 1.807) is 0 Å². The maximum Gasteiger partial charge on any atom is 0.142 e. The first kappa shape index (κ1) is 11.5. The van der Waals surface area contributed by atoms with Crippen LogP contribution in [-0.2, 0) is 0 Å². The lowest BCUT2D eigenvalue weighted by Crippen LogP contribution is -2.35. The number of halogens is 1. The van der Waals surface area contributed by atoms with Gasteiger partial charge in [0.2, 0.25) is 0 Å². The van der Waals surface area contributed by atoms with Crippen LogP contribution >= 0.6 is 15.9 Å². The Labute approximate surface area is 111 Å². The number of nitrogens with one attached hydrogen (secondary N) is 1. The van der Waals surface area contributed by atoms with Crippen molar-refractivity contribution >= 4 is 21.7 Å². The van der Waals surface area contributed by atoms with Gasteiger partial charge in [-0.15, -0.1) is 0 Å². The van der Waals surface area contributed by atoms with Gasteiger partial charge in [0.15, 0.2) is 0 Å². The molecule has 17 heavy (non-hydrogen) atoms. The van der Waals surface area contributed by atoms with E-state index in [0.717, 1.165) is 29.4 Å². The number of fused-ring (bicyclic) bond motifs is 2. The summed E-state index contributed by atoms with van der Waals surface area (Å²) in [5.74, 6) is 1.10. The minimum Gasteiger partial charge on any atom is -0.354 e. The van der Waals surface area contributed by atoms with Crippen LogP contribution in [0.2, 0.25) is 0 Å². The summed E-state index contributed by atoms with van der Waals surface area (Å²) in [5.41, 5.74) is 1.20. The van der Waals surface area contributed by atoms with E-state index in [9.17, 15) is 0 Å². The maximum atomic E-state index is 4.58. The van der Waals surface area contributed by atoms with Crippen molar-refractivity contribution in [3.8, 4) is 0 Å². The second-order valence-electron chi connectivity index (χ2n) is 5.19. The molecule has 1 N–H and O–H groups in total. The third-order valence-electron chi connectivity index (χ3n) is 3.78. The molecular weight excluding hydrogens is 278 g/mol. The summed E-state index contributed by atoms with van der Waals surface area (Å²) in [7, 11) is 0. The topological polar surface area (TPSA) is 28.2 Å². The highest BCUT2D eigenvalue weighted by atomic mass is 79.9. The Bertz CT molecular complexity index is 421. The second-order valence-corrected chi connectivity index (χ2v) is 6.04. The summed E-state index contributed by atoms with van der Waals surface area (Å²) in [6.45, 7) is 4.28. The third-order valence-corrected chi connectivity index (χ3v) is 4.36. The molecule has 3 rings (SSSR count). The standard InChI is InChI=1S/C13H18BrN3/c1-9-6-12(14)13(15-7-9)17-5-4-10-2-3-11(8-17)16-10/h6-7,10-11,16H,2-5,8H2,1H3. The van der Waals surface area contributed by atoms with E-state index in [1.807, 2.05) is 6.20 Å². The second kappa shape index (κ2) is 4.58. The van der Waals surface area contributed by atoms with Crippen molar-refractivity contribution < 1.29 is 0 Å². The summed E-state index contributed by atoms with van der Waals surface area (Å²) >= 11 is 3.64. The Morgan fingerprint density at radius 1 is 1.35 bits per heavy atom. The van der Waals surface area contributed by atoms with Gasteiger partial charge in [0.1, 0.15) is 5.82 Å². The molecule has 1 aromatic rings. The van der Waals surface area contributed by atoms with E-state index < -0.39 is 0 Å². The molecule has 2 atom stereocenters. The van der Waals surface area contributed by atoms with E-state index in [0.29, 0.717) is 6.04 Å². The van der Waals surface area contributed by atoms with Crippen molar-refractivity contribution in [1.29, 1.82) is 0 Å². The Balaban J connectivity index is 1.83. The van der Waals surface area contributed by atoms with Crippen LogP contribution in [0.25, 0.3) is 0 Å². The van der Waals surface area contributed by atoms with Crippen LogP contribution < -0.4 is 10.2 Å². The number of aromatic nitrogens is 1. The molecule has 2 aliphatic heterocycles. The maximum absolute atomic E-state index is 4.58. The van der Waals surface area contributed by atoms with Gasteiger partial charge in [-0.2, -0.15) is 0 Å². The smallest absolute Gasteiger partial charge is 0.142 e. The molecule has 0 radical (unpaired) electrons. The van der Waals surface area contributed by atoms with Gasteiger partial charge >= 0.3 is 0 Å². The van der Waals surface area contributed by atoms with Gasteiger partial charge in [0.25, 0.3) is 0 Å². The lowest BCUT2D eigenvalue weighted by atomic mass is 10.1. The Hall–Kier alpha value is -0.610. The molecule has 3 nitrogen and oxygen atoms in total. The zero-order valence-electron chi connectivity index (χ0n) is 10.1. The minimum absolute atomic E-state index is 0.650. The SMILES string of the molecule is Cc1cnc(N2CCC3CCC(C2)N3)c(Br)c1. The van der Waals surface area contributed by atoms with Gasteiger partial charge < -0.3 is 10.2 Å². The molecule has 92 valence electrons. The normalized spacial score (nSPS) is 28.2. The summed E-state index contributed by atoms with van der Waals surface area (Å²) in [5, 5.41) is 3.70. The molecule has 2 bridgehead atoms. The Morgan fingerprint density at radius 2 is 2.18 bits per heavy atom. The molecule has 2 fully saturated rings. The summed E-state index contributed by atoms with van der Waals surface area (Å²) < 4.78 is 1.12. The van der Waals surface area contributed by atoms with Crippen LogP contribution in [0.1, 0.15) is 24.8 Å². The van der Waals surface area contributed by atoms with E-state index in [2.05, 4.69) is 44.1 Å². The number of hydrogen-bond donors (Lipinski definition) is 1. The summed E-state index contributed by atoms with van der Waals surface area (Å²) in [4.78, 5) is 7.00. The van der Waals surface area contributed by atoms with Crippen LogP contribution in [0.3, 0.4) is 0 Å². The molecular formula is C13H18BrN3. The monoisotopic (exact) mass is 295 g/mol. The fraction of sp³-hybridized carbons (Fsp3) is 0.615. The van der Waals surface area contributed by atoms with Crippen molar-refractivity contribution in [3.63, 3.8) is 0 Å². The number of nitrogens with zero attached hydrogens (tertiary/aromatic N) is 2. The van der Waals surface area contributed by atoms with E-state index >= 15 is 0 Å². The number of aryl methyl sites for hydroxylation is 1. The minimum atomic E-state index is 0.650. The number of hydrogen-bond acceptors (Lipinski definition) is 3. The molecule has 0 aromatic carbocycles.